The Balaban J connectivity index is 0.948. The number of aliphatic hydroxyl groups excluding tert-OH is 1. The van der Waals surface area contributed by atoms with E-state index >= 15 is 0 Å². The topological polar surface area (TPSA) is 97.2 Å². The molecule has 5 atom stereocenters. The van der Waals surface area contributed by atoms with Gasteiger partial charge in [0.25, 0.3) is 0 Å². The Labute approximate surface area is 297 Å². The minimum Gasteiger partial charge on any atom is -0.504 e. The highest BCUT2D eigenvalue weighted by Gasteiger charge is 2.64. The second kappa shape index (κ2) is 11.5. The Bertz CT molecular complexity index is 2210. The number of ether oxygens (including phenoxy) is 1. The van der Waals surface area contributed by atoms with Crippen molar-refractivity contribution in [3.63, 3.8) is 0 Å². The van der Waals surface area contributed by atoms with E-state index in [1.165, 1.54) is 11.3 Å². The molecule has 0 saturated carbocycles. The number of rotatable bonds is 5. The van der Waals surface area contributed by atoms with E-state index in [4.69, 9.17) is 9.72 Å². The average Bonchev–Trinajstić information content (AvgIpc) is 3.51. The summed E-state index contributed by atoms with van der Waals surface area (Å²) in [5, 5.41) is 26.8. The normalized spacial score (nSPS) is 26.6. The van der Waals surface area contributed by atoms with Gasteiger partial charge >= 0.3 is 0 Å². The molecule has 51 heavy (non-hydrogen) atoms. The number of likely N-dealkylation sites (N-methyl/N-ethyl adjacent to an activating group) is 2. The molecular formula is C42H42N6O3. The van der Waals surface area contributed by atoms with E-state index < -0.39 is 6.10 Å². The van der Waals surface area contributed by atoms with Crippen molar-refractivity contribution in [3.8, 4) is 33.8 Å². The number of aromatic hydroxyl groups is 1. The lowest BCUT2D eigenvalue weighted by Gasteiger charge is -2.56. The van der Waals surface area contributed by atoms with Gasteiger partial charge in [-0.3, -0.25) is 0 Å². The van der Waals surface area contributed by atoms with Crippen molar-refractivity contribution in [1.29, 1.82) is 0 Å². The molecule has 4 aromatic carbocycles. The van der Waals surface area contributed by atoms with E-state index in [0.29, 0.717) is 17.7 Å². The number of aliphatic hydroxyl groups is 1. The maximum Gasteiger partial charge on any atom is 0.227 e. The second-order valence-corrected chi connectivity index (χ2v) is 15.1. The number of nitrogens with one attached hydrogen (secondary N) is 1. The number of hydrogen-bond acceptors (Lipinski definition) is 9. The summed E-state index contributed by atoms with van der Waals surface area (Å²) in [5.74, 6) is 1.54. The number of likely N-dealkylation sites (tertiary alicyclic amines) is 1. The van der Waals surface area contributed by atoms with Crippen molar-refractivity contribution < 1.29 is 14.9 Å². The largest absolute Gasteiger partial charge is 0.504 e. The SMILES string of the molecule is CN1CCN(c2cccc(Nc3ncc4ccc(-c5ccc(-c6cc(O)c7c8c6C[C@@H]6[C@@H]9C=C[C@H](O)[C@H](O7)[C@]89CCN6C)cc5)cc4n3)c2)CC1. The van der Waals surface area contributed by atoms with Gasteiger partial charge in [0.05, 0.1) is 5.52 Å². The number of phenolic OH excluding ortho intramolecular Hbond substituents is 1. The van der Waals surface area contributed by atoms with Crippen LogP contribution in [0.1, 0.15) is 17.5 Å². The summed E-state index contributed by atoms with van der Waals surface area (Å²) in [6.45, 7) is 5.11. The number of benzene rings is 4. The quantitative estimate of drug-likeness (QED) is 0.194. The second-order valence-electron chi connectivity index (χ2n) is 15.1. The van der Waals surface area contributed by atoms with Gasteiger partial charge in [0.15, 0.2) is 11.5 Å². The molecule has 5 aliphatic rings. The zero-order valence-electron chi connectivity index (χ0n) is 29.0. The molecule has 10 rings (SSSR count). The molecule has 3 N–H and O–H groups in total. The van der Waals surface area contributed by atoms with Gasteiger partial charge < -0.3 is 35.0 Å². The highest BCUT2D eigenvalue weighted by molar-refractivity contribution is 5.86. The fraction of sp³-hybridized carbons (Fsp3) is 0.333. The summed E-state index contributed by atoms with van der Waals surface area (Å²) in [6, 6.07) is 25.6. The molecule has 3 aliphatic heterocycles. The first-order valence-corrected chi connectivity index (χ1v) is 18.2. The van der Waals surface area contributed by atoms with Gasteiger partial charge in [-0.05, 0) is 91.6 Å². The summed E-state index contributed by atoms with van der Waals surface area (Å²) >= 11 is 0. The van der Waals surface area contributed by atoms with Crippen molar-refractivity contribution in [3.05, 3.63) is 102 Å². The molecule has 9 heteroatoms. The van der Waals surface area contributed by atoms with Gasteiger partial charge in [-0.1, -0.05) is 54.6 Å². The molecule has 2 saturated heterocycles. The minimum atomic E-state index is -0.691. The smallest absolute Gasteiger partial charge is 0.227 e. The number of aromatic nitrogens is 2. The fourth-order valence-electron chi connectivity index (χ4n) is 9.66. The summed E-state index contributed by atoms with van der Waals surface area (Å²) in [7, 11) is 4.38. The molecule has 0 unspecified atom stereocenters. The molecule has 2 fully saturated rings. The van der Waals surface area contributed by atoms with Gasteiger partial charge in [-0.25, -0.2) is 9.97 Å². The zero-order chi connectivity index (χ0) is 34.4. The summed E-state index contributed by atoms with van der Waals surface area (Å²) in [5.41, 5.74) is 9.36. The molecule has 258 valence electrons. The molecule has 5 aromatic rings. The van der Waals surface area contributed by atoms with Crippen molar-refractivity contribution in [1.82, 2.24) is 19.8 Å². The fourth-order valence-corrected chi connectivity index (χ4v) is 9.66. The molecule has 2 bridgehead atoms. The molecule has 0 radical (unpaired) electrons. The predicted octanol–water partition coefficient (Wildman–Crippen LogP) is 5.97. The molecular weight excluding hydrogens is 637 g/mol. The van der Waals surface area contributed by atoms with Crippen molar-refractivity contribution >= 4 is 28.2 Å². The van der Waals surface area contributed by atoms with Crippen molar-refractivity contribution in [2.24, 2.45) is 5.92 Å². The van der Waals surface area contributed by atoms with E-state index in [0.717, 1.165) is 90.0 Å². The van der Waals surface area contributed by atoms with Gasteiger partial charge in [0, 0.05) is 72.1 Å². The van der Waals surface area contributed by atoms with E-state index in [2.05, 4.69) is 112 Å². The third-order valence-electron chi connectivity index (χ3n) is 12.4. The lowest BCUT2D eigenvalue weighted by Crippen LogP contribution is -2.64. The van der Waals surface area contributed by atoms with Gasteiger partial charge in [-0.15, -0.1) is 0 Å². The molecule has 2 aliphatic carbocycles. The summed E-state index contributed by atoms with van der Waals surface area (Å²) in [6.07, 6.45) is 6.69. The van der Waals surface area contributed by atoms with E-state index in [1.54, 1.807) is 0 Å². The lowest BCUT2D eigenvalue weighted by atomic mass is 9.53. The number of hydrogen-bond donors (Lipinski definition) is 3. The Morgan fingerprint density at radius 3 is 2.53 bits per heavy atom. The highest BCUT2D eigenvalue weighted by Crippen LogP contribution is 2.63. The van der Waals surface area contributed by atoms with Crippen LogP contribution in [0.3, 0.4) is 0 Å². The van der Waals surface area contributed by atoms with Crippen molar-refractivity contribution in [2.45, 2.75) is 36.5 Å². The third kappa shape index (κ3) is 4.79. The van der Waals surface area contributed by atoms with Crippen LogP contribution in [0.2, 0.25) is 0 Å². The number of fused-ring (bicyclic) bond motifs is 1. The minimum absolute atomic E-state index is 0.157. The van der Waals surface area contributed by atoms with Crippen LogP contribution in [0.4, 0.5) is 17.3 Å². The first-order valence-electron chi connectivity index (χ1n) is 18.2. The summed E-state index contributed by atoms with van der Waals surface area (Å²) < 4.78 is 6.45. The van der Waals surface area contributed by atoms with E-state index in [9.17, 15) is 10.2 Å². The molecule has 1 aromatic heterocycles. The van der Waals surface area contributed by atoms with E-state index in [1.807, 2.05) is 18.3 Å². The van der Waals surface area contributed by atoms with Gasteiger partial charge in [0.1, 0.15) is 12.2 Å². The van der Waals surface area contributed by atoms with Gasteiger partial charge in [0.2, 0.25) is 5.95 Å². The molecule has 9 nitrogen and oxygen atoms in total. The number of piperazine rings is 1. The molecule has 0 amide bonds. The lowest BCUT2D eigenvalue weighted by molar-refractivity contribution is -0.0452. The molecule has 4 heterocycles. The van der Waals surface area contributed by atoms with Crippen LogP contribution >= 0.6 is 0 Å². The highest BCUT2D eigenvalue weighted by atomic mass is 16.5. The number of piperidine rings is 1. The maximum atomic E-state index is 11.4. The Kier molecular flexibility index (Phi) is 6.97. The summed E-state index contributed by atoms with van der Waals surface area (Å²) in [4.78, 5) is 16.8. The first kappa shape index (κ1) is 30.8. The Morgan fingerprint density at radius 1 is 0.882 bits per heavy atom. The Morgan fingerprint density at radius 2 is 1.69 bits per heavy atom. The maximum absolute atomic E-state index is 11.4. The van der Waals surface area contributed by atoms with Crippen LogP contribution in [0, 0.1) is 5.92 Å². The number of nitrogens with zero attached hydrogens (tertiary/aromatic N) is 5. The van der Waals surface area contributed by atoms with Crippen LogP contribution in [-0.4, -0.2) is 95.0 Å². The number of anilines is 3. The monoisotopic (exact) mass is 678 g/mol. The van der Waals surface area contributed by atoms with Crippen LogP contribution in [0.5, 0.6) is 11.5 Å². The standard InChI is InChI=1S/C42H42N6O3/c1-46-16-18-48(19-17-46)30-5-3-4-29(21-30)44-41-43-24-28-11-10-27(20-34(28)45-41)25-6-8-26(9-7-25)31-23-37(50)39-38-32(31)22-35-33-12-13-36(49)40(51-39)42(33,38)14-15-47(35)2/h3-13,20-21,23-24,33,35-36,40,49-50H,14-19,22H2,1-2H3,(H,43,44,45)/t33-,35+,36-,40-,42-/m0/s1. The van der Waals surface area contributed by atoms with E-state index in [-0.39, 0.29) is 23.2 Å². The van der Waals surface area contributed by atoms with Crippen LogP contribution in [0.15, 0.2) is 91.1 Å². The first-order chi connectivity index (χ1) is 24.9. The van der Waals surface area contributed by atoms with Crippen LogP contribution in [-0.2, 0) is 11.8 Å². The van der Waals surface area contributed by atoms with Crippen LogP contribution in [0.25, 0.3) is 33.2 Å². The Hall–Kier alpha value is -4.96. The third-order valence-corrected chi connectivity index (χ3v) is 12.4. The number of phenols is 1. The van der Waals surface area contributed by atoms with Gasteiger partial charge in [-0.2, -0.15) is 0 Å². The average molecular weight is 679 g/mol. The van der Waals surface area contributed by atoms with Crippen molar-refractivity contribution in [2.75, 3.05) is 57.0 Å². The predicted molar refractivity (Wildman–Crippen MR) is 201 cm³/mol. The van der Waals surface area contributed by atoms with Crippen LogP contribution < -0.4 is 15.0 Å². The zero-order valence-corrected chi connectivity index (χ0v) is 29.0. The molecule has 1 spiro atoms.